The van der Waals surface area contributed by atoms with Gasteiger partial charge in [-0.2, -0.15) is 5.10 Å². The molecule has 0 unspecified atom stereocenters. The van der Waals surface area contributed by atoms with Crippen molar-refractivity contribution in [1.82, 2.24) is 5.43 Å². The zero-order valence-corrected chi connectivity index (χ0v) is 15.3. The van der Waals surface area contributed by atoms with Crippen molar-refractivity contribution in [3.8, 4) is 5.75 Å². The van der Waals surface area contributed by atoms with Gasteiger partial charge in [0.1, 0.15) is 5.75 Å². The first-order valence-electron chi connectivity index (χ1n) is 7.46. The first-order valence-corrected chi connectivity index (χ1v) is 8.21. The van der Waals surface area contributed by atoms with E-state index in [1.807, 2.05) is 0 Å². The van der Waals surface area contributed by atoms with Crippen molar-refractivity contribution in [2.45, 2.75) is 0 Å². The summed E-state index contributed by atoms with van der Waals surface area (Å²) >= 11 is 11.7. The van der Waals surface area contributed by atoms with Crippen molar-refractivity contribution >= 4 is 52.8 Å². The van der Waals surface area contributed by atoms with Gasteiger partial charge in [0.25, 0.3) is 5.91 Å². The van der Waals surface area contributed by atoms with E-state index >= 15 is 0 Å². The van der Waals surface area contributed by atoms with Crippen molar-refractivity contribution in [3.05, 3.63) is 58.1 Å². The minimum absolute atomic E-state index is 0.277. The number of benzene rings is 2. The van der Waals surface area contributed by atoms with Crippen LogP contribution in [0.3, 0.4) is 0 Å². The number of anilines is 1. The number of carbonyl (C=O) groups excluding carboxylic acids is 3. The highest BCUT2D eigenvalue weighted by Gasteiger charge is 2.13. The quantitative estimate of drug-likeness (QED) is 0.383. The maximum absolute atomic E-state index is 11.8. The molecule has 0 saturated carbocycles. The predicted octanol–water partition coefficient (Wildman–Crippen LogP) is 1.95. The topological polar surface area (TPSA) is 123 Å². The fraction of sp³-hybridized carbons (Fsp3) is 0.0588. The Labute approximate surface area is 164 Å². The Bertz CT molecular complexity index is 902. The van der Waals surface area contributed by atoms with Crippen LogP contribution in [0.2, 0.25) is 10.0 Å². The van der Waals surface area contributed by atoms with Gasteiger partial charge in [-0.15, -0.1) is 0 Å². The van der Waals surface area contributed by atoms with E-state index in [9.17, 15) is 14.4 Å². The van der Waals surface area contributed by atoms with E-state index in [0.29, 0.717) is 21.3 Å². The number of ether oxygens (including phenoxy) is 1. The molecular formula is C17H14Cl2N4O4. The van der Waals surface area contributed by atoms with Gasteiger partial charge in [-0.05, 0) is 36.4 Å². The molecule has 0 fully saturated rings. The molecule has 4 N–H and O–H groups in total. The number of carbonyl (C=O) groups is 3. The molecule has 0 saturated heterocycles. The number of halogens is 2. The Kier molecular flexibility index (Phi) is 7.16. The van der Waals surface area contributed by atoms with Gasteiger partial charge in [-0.25, -0.2) is 5.43 Å². The lowest BCUT2D eigenvalue weighted by molar-refractivity contribution is -0.136. The molecule has 0 aliphatic heterocycles. The van der Waals surface area contributed by atoms with Gasteiger partial charge in [0.05, 0.1) is 6.21 Å². The van der Waals surface area contributed by atoms with E-state index < -0.39 is 17.7 Å². The lowest BCUT2D eigenvalue weighted by Crippen LogP contribution is -2.32. The van der Waals surface area contributed by atoms with Crippen molar-refractivity contribution in [1.29, 1.82) is 0 Å². The van der Waals surface area contributed by atoms with Crippen LogP contribution in [0, 0.1) is 0 Å². The van der Waals surface area contributed by atoms with Crippen LogP contribution >= 0.6 is 23.2 Å². The molecular weight excluding hydrogens is 395 g/mol. The molecule has 0 radical (unpaired) electrons. The van der Waals surface area contributed by atoms with E-state index in [4.69, 9.17) is 33.7 Å². The number of primary amides is 1. The molecule has 0 aromatic heterocycles. The van der Waals surface area contributed by atoms with Gasteiger partial charge in [0, 0.05) is 21.3 Å². The van der Waals surface area contributed by atoms with Crippen molar-refractivity contribution in [2.75, 3.05) is 11.9 Å². The maximum atomic E-state index is 11.8. The summed E-state index contributed by atoms with van der Waals surface area (Å²) in [5, 5.41) is 6.86. The second kappa shape index (κ2) is 9.56. The maximum Gasteiger partial charge on any atom is 0.329 e. The summed E-state index contributed by atoms with van der Waals surface area (Å²) in [6, 6.07) is 10.9. The number of amides is 3. The van der Waals surface area contributed by atoms with Crippen LogP contribution < -0.4 is 21.2 Å². The van der Waals surface area contributed by atoms with Gasteiger partial charge >= 0.3 is 11.8 Å². The molecule has 10 heteroatoms. The van der Waals surface area contributed by atoms with E-state index in [0.717, 1.165) is 0 Å². The Morgan fingerprint density at radius 1 is 1.07 bits per heavy atom. The minimum atomic E-state index is -0.993. The number of nitrogens with one attached hydrogen (secondary N) is 2. The summed E-state index contributed by atoms with van der Waals surface area (Å²) in [7, 11) is 0. The first-order chi connectivity index (χ1) is 12.8. The second-order valence-electron chi connectivity index (χ2n) is 5.10. The monoisotopic (exact) mass is 408 g/mol. The molecule has 0 atom stereocenters. The van der Waals surface area contributed by atoms with Crippen molar-refractivity contribution in [2.24, 2.45) is 10.8 Å². The average Bonchev–Trinajstić information content (AvgIpc) is 2.60. The SMILES string of the molecule is NC(=O)COc1ccc(Cl)cc1/C=N\NC(=O)C(=O)Nc1cccc(Cl)c1. The zero-order chi connectivity index (χ0) is 19.8. The van der Waals surface area contributed by atoms with E-state index in [2.05, 4.69) is 15.8 Å². The highest BCUT2D eigenvalue weighted by atomic mass is 35.5. The number of hydrogen-bond acceptors (Lipinski definition) is 5. The van der Waals surface area contributed by atoms with Crippen LogP contribution in [-0.2, 0) is 14.4 Å². The summed E-state index contributed by atoms with van der Waals surface area (Å²) < 4.78 is 5.22. The summed E-state index contributed by atoms with van der Waals surface area (Å²) in [5.74, 6) is -2.29. The predicted molar refractivity (Wildman–Crippen MR) is 102 cm³/mol. The van der Waals surface area contributed by atoms with Crippen LogP contribution in [0.15, 0.2) is 47.6 Å². The zero-order valence-electron chi connectivity index (χ0n) is 13.7. The number of nitrogens with two attached hydrogens (primary N) is 1. The van der Waals surface area contributed by atoms with Crippen LogP contribution in [-0.4, -0.2) is 30.5 Å². The van der Waals surface area contributed by atoms with Gasteiger partial charge in [0.15, 0.2) is 6.61 Å². The number of nitrogens with zero attached hydrogens (tertiary/aromatic N) is 1. The van der Waals surface area contributed by atoms with Crippen LogP contribution in [0.4, 0.5) is 5.69 Å². The third-order valence-corrected chi connectivity index (χ3v) is 3.47. The van der Waals surface area contributed by atoms with Gasteiger partial charge in [-0.1, -0.05) is 29.3 Å². The summed E-state index contributed by atoms with van der Waals surface area (Å²) in [6.07, 6.45) is 1.22. The lowest BCUT2D eigenvalue weighted by atomic mass is 10.2. The molecule has 3 amide bonds. The smallest absolute Gasteiger partial charge is 0.329 e. The summed E-state index contributed by atoms with van der Waals surface area (Å²) in [6.45, 7) is -0.336. The Balaban J connectivity index is 1.99. The molecule has 0 aliphatic carbocycles. The van der Waals surface area contributed by atoms with E-state index in [1.165, 1.54) is 24.4 Å². The van der Waals surface area contributed by atoms with E-state index in [-0.39, 0.29) is 12.4 Å². The first kappa shape index (κ1) is 20.2. The number of hydrazone groups is 1. The molecule has 27 heavy (non-hydrogen) atoms. The molecule has 2 aromatic carbocycles. The van der Waals surface area contributed by atoms with Crippen LogP contribution in [0.25, 0.3) is 0 Å². The molecule has 8 nitrogen and oxygen atoms in total. The molecule has 2 rings (SSSR count). The Morgan fingerprint density at radius 3 is 2.52 bits per heavy atom. The van der Waals surface area contributed by atoms with Crippen LogP contribution in [0.1, 0.15) is 5.56 Å². The molecule has 2 aromatic rings. The second-order valence-corrected chi connectivity index (χ2v) is 5.97. The summed E-state index contributed by atoms with van der Waals surface area (Å²) in [4.78, 5) is 34.5. The lowest BCUT2D eigenvalue weighted by Gasteiger charge is -2.07. The summed E-state index contributed by atoms with van der Waals surface area (Å²) in [5.41, 5.74) is 7.84. The highest BCUT2D eigenvalue weighted by molar-refractivity contribution is 6.39. The average molecular weight is 409 g/mol. The third kappa shape index (κ3) is 6.61. The molecule has 140 valence electrons. The Morgan fingerprint density at radius 2 is 1.81 bits per heavy atom. The number of rotatable bonds is 6. The van der Waals surface area contributed by atoms with Crippen molar-refractivity contribution in [3.63, 3.8) is 0 Å². The van der Waals surface area contributed by atoms with Gasteiger partial charge in [0.2, 0.25) is 0 Å². The third-order valence-electron chi connectivity index (χ3n) is 3.00. The van der Waals surface area contributed by atoms with Crippen molar-refractivity contribution < 1.29 is 19.1 Å². The number of hydrogen-bond donors (Lipinski definition) is 3. The molecule has 0 spiro atoms. The Hall–Kier alpha value is -3.10. The molecule has 0 bridgehead atoms. The standard InChI is InChI=1S/C17H14Cl2N4O4/c18-11-2-1-3-13(7-11)22-16(25)17(26)23-21-8-10-6-12(19)4-5-14(10)27-9-15(20)24/h1-8H,9H2,(H2,20,24)(H,22,25)(H,23,26)/b21-8-. The molecule has 0 aliphatic rings. The molecule has 0 heterocycles. The van der Waals surface area contributed by atoms with Gasteiger partial charge < -0.3 is 15.8 Å². The fourth-order valence-electron chi connectivity index (χ4n) is 1.87. The van der Waals surface area contributed by atoms with Gasteiger partial charge in [-0.3, -0.25) is 14.4 Å². The fourth-order valence-corrected chi connectivity index (χ4v) is 2.24. The van der Waals surface area contributed by atoms with E-state index in [1.54, 1.807) is 24.3 Å². The minimum Gasteiger partial charge on any atom is -0.483 e. The largest absolute Gasteiger partial charge is 0.483 e. The highest BCUT2D eigenvalue weighted by Crippen LogP contribution is 2.21. The normalized spacial score (nSPS) is 10.4. The van der Waals surface area contributed by atoms with Crippen LogP contribution in [0.5, 0.6) is 5.75 Å².